The highest BCUT2D eigenvalue weighted by molar-refractivity contribution is 5.98. The zero-order valence-electron chi connectivity index (χ0n) is 13.7. The summed E-state index contributed by atoms with van der Waals surface area (Å²) in [6.45, 7) is 5.36. The molecule has 0 aliphatic carbocycles. The van der Waals surface area contributed by atoms with Crippen molar-refractivity contribution < 1.29 is 18.0 Å². The molecule has 3 aromatic rings. The van der Waals surface area contributed by atoms with E-state index in [4.69, 9.17) is 0 Å². The molecule has 3 rings (SSSR count). The average Bonchev–Trinajstić information content (AvgIpc) is 2.90. The summed E-state index contributed by atoms with van der Waals surface area (Å²) in [5.74, 6) is -0.356. The Morgan fingerprint density at radius 1 is 1.31 bits per heavy atom. The Morgan fingerprint density at radius 2 is 2.00 bits per heavy atom. The summed E-state index contributed by atoms with van der Waals surface area (Å²) in [5, 5.41) is 7.51. The minimum absolute atomic E-state index is 0.0935. The van der Waals surface area contributed by atoms with E-state index in [1.54, 1.807) is 11.6 Å². The van der Waals surface area contributed by atoms with E-state index in [9.17, 15) is 18.0 Å². The quantitative estimate of drug-likeness (QED) is 0.724. The van der Waals surface area contributed by atoms with Gasteiger partial charge in [-0.1, -0.05) is 18.7 Å². The number of rotatable bonds is 4. The molecule has 2 aromatic heterocycles. The van der Waals surface area contributed by atoms with Crippen molar-refractivity contribution in [2.75, 3.05) is 5.32 Å². The molecule has 0 atom stereocenters. The number of fused-ring (bicyclic) bond motifs is 1. The van der Waals surface area contributed by atoms with Gasteiger partial charge in [0.1, 0.15) is 0 Å². The van der Waals surface area contributed by atoms with Gasteiger partial charge < -0.3 is 0 Å². The van der Waals surface area contributed by atoms with Crippen LogP contribution in [0.3, 0.4) is 0 Å². The van der Waals surface area contributed by atoms with Crippen molar-refractivity contribution >= 4 is 22.9 Å². The fourth-order valence-electron chi connectivity index (χ4n) is 2.41. The number of anilines is 1. The normalized spacial score (nSPS) is 11.5. The molecular weight excluding hydrogens is 347 g/mol. The second kappa shape index (κ2) is 6.58. The van der Waals surface area contributed by atoms with Gasteiger partial charge in [-0.3, -0.25) is 10.1 Å². The van der Waals surface area contributed by atoms with Crippen LogP contribution in [0.1, 0.15) is 16.8 Å². The third-order valence-electron chi connectivity index (χ3n) is 3.71. The molecular formula is C17H14F3N5O. The first-order valence-electron chi connectivity index (χ1n) is 7.57. The van der Waals surface area contributed by atoms with Gasteiger partial charge in [-0.15, -0.1) is 0 Å². The summed E-state index contributed by atoms with van der Waals surface area (Å²) >= 11 is 0. The van der Waals surface area contributed by atoms with E-state index < -0.39 is 17.6 Å². The number of aryl methyl sites for hydroxylation is 1. The standard InChI is InChI=1S/C17H14F3N5O/c1-3-14(26)22-16-21-8-13-10(2)24-25(15(13)23-16)9-11-4-6-12(7-5-11)17(18,19)20/h3-8H,1,9H2,2H3,(H,21,22,23,26). The minimum Gasteiger partial charge on any atom is -0.291 e. The summed E-state index contributed by atoms with van der Waals surface area (Å²) in [4.78, 5) is 19.7. The number of halogens is 3. The van der Waals surface area contributed by atoms with Crippen molar-refractivity contribution in [1.29, 1.82) is 0 Å². The number of alkyl halides is 3. The lowest BCUT2D eigenvalue weighted by Gasteiger charge is -2.08. The molecule has 0 saturated carbocycles. The average molecular weight is 361 g/mol. The zero-order valence-corrected chi connectivity index (χ0v) is 13.7. The molecule has 26 heavy (non-hydrogen) atoms. The lowest BCUT2D eigenvalue weighted by molar-refractivity contribution is -0.137. The van der Waals surface area contributed by atoms with E-state index in [1.165, 1.54) is 18.3 Å². The van der Waals surface area contributed by atoms with Crippen molar-refractivity contribution in [2.24, 2.45) is 0 Å². The Labute approximate surface area is 146 Å². The number of amides is 1. The number of nitrogens with one attached hydrogen (secondary N) is 1. The summed E-state index contributed by atoms with van der Waals surface area (Å²) in [6.07, 6.45) is -1.75. The first kappa shape index (κ1) is 17.6. The Hall–Kier alpha value is -3.23. The van der Waals surface area contributed by atoms with Crippen molar-refractivity contribution in [3.8, 4) is 0 Å². The van der Waals surface area contributed by atoms with Gasteiger partial charge in [0.2, 0.25) is 11.9 Å². The molecule has 0 aliphatic rings. The van der Waals surface area contributed by atoms with E-state index >= 15 is 0 Å². The van der Waals surface area contributed by atoms with Gasteiger partial charge in [-0.2, -0.15) is 23.3 Å². The predicted molar refractivity (Wildman–Crippen MR) is 89.4 cm³/mol. The molecule has 0 fully saturated rings. The molecule has 1 N–H and O–H groups in total. The first-order chi connectivity index (χ1) is 12.3. The number of hydrogen-bond acceptors (Lipinski definition) is 4. The molecule has 0 radical (unpaired) electrons. The van der Waals surface area contributed by atoms with Gasteiger partial charge in [-0.25, -0.2) is 9.67 Å². The van der Waals surface area contributed by atoms with E-state index in [2.05, 4.69) is 27.0 Å². The third kappa shape index (κ3) is 3.56. The Balaban J connectivity index is 1.93. The fraction of sp³-hybridized carbons (Fsp3) is 0.176. The van der Waals surface area contributed by atoms with E-state index in [0.29, 0.717) is 22.3 Å². The minimum atomic E-state index is -4.38. The number of benzene rings is 1. The molecule has 6 nitrogen and oxygen atoms in total. The maximum Gasteiger partial charge on any atom is 0.416 e. The highest BCUT2D eigenvalue weighted by Crippen LogP contribution is 2.29. The van der Waals surface area contributed by atoms with Crippen LogP contribution in [-0.2, 0) is 17.5 Å². The number of nitrogens with zero attached hydrogens (tertiary/aromatic N) is 4. The van der Waals surface area contributed by atoms with Crippen LogP contribution in [-0.4, -0.2) is 25.7 Å². The predicted octanol–water partition coefficient (Wildman–Crippen LogP) is 3.33. The Morgan fingerprint density at radius 3 is 2.62 bits per heavy atom. The van der Waals surface area contributed by atoms with Crippen LogP contribution in [0.4, 0.5) is 19.1 Å². The van der Waals surface area contributed by atoms with Crippen molar-refractivity contribution in [2.45, 2.75) is 19.6 Å². The monoisotopic (exact) mass is 361 g/mol. The van der Waals surface area contributed by atoms with Crippen LogP contribution in [0.2, 0.25) is 0 Å². The molecule has 0 saturated heterocycles. The van der Waals surface area contributed by atoms with E-state index in [1.807, 2.05) is 0 Å². The van der Waals surface area contributed by atoms with Crippen LogP contribution in [0.15, 0.2) is 43.1 Å². The third-order valence-corrected chi connectivity index (χ3v) is 3.71. The SMILES string of the molecule is C=CC(=O)Nc1ncc2c(C)nn(Cc3ccc(C(F)(F)F)cc3)c2n1. The molecule has 0 unspecified atom stereocenters. The highest BCUT2D eigenvalue weighted by Gasteiger charge is 2.29. The molecule has 9 heteroatoms. The maximum atomic E-state index is 12.7. The molecule has 2 heterocycles. The number of carbonyl (C=O) groups excluding carboxylic acids is 1. The number of carbonyl (C=O) groups is 1. The van der Waals surface area contributed by atoms with Crippen LogP contribution in [0, 0.1) is 6.92 Å². The van der Waals surface area contributed by atoms with Gasteiger partial charge in [-0.05, 0) is 30.7 Å². The van der Waals surface area contributed by atoms with Gasteiger partial charge in [0.25, 0.3) is 0 Å². The number of aromatic nitrogens is 4. The van der Waals surface area contributed by atoms with Crippen molar-refractivity contribution in [3.63, 3.8) is 0 Å². The lowest BCUT2D eigenvalue weighted by atomic mass is 10.1. The first-order valence-corrected chi connectivity index (χ1v) is 7.57. The van der Waals surface area contributed by atoms with Crippen LogP contribution in [0.5, 0.6) is 0 Å². The summed E-state index contributed by atoms with van der Waals surface area (Å²) in [5.41, 5.74) is 1.07. The van der Waals surface area contributed by atoms with E-state index in [0.717, 1.165) is 18.2 Å². The van der Waals surface area contributed by atoms with Crippen molar-refractivity contribution in [1.82, 2.24) is 19.7 Å². The second-order valence-corrected chi connectivity index (χ2v) is 5.56. The van der Waals surface area contributed by atoms with E-state index in [-0.39, 0.29) is 12.5 Å². The molecule has 0 bridgehead atoms. The van der Waals surface area contributed by atoms with Crippen LogP contribution < -0.4 is 5.32 Å². The van der Waals surface area contributed by atoms with Gasteiger partial charge >= 0.3 is 6.18 Å². The summed E-state index contributed by atoms with van der Waals surface area (Å²) in [7, 11) is 0. The molecule has 1 aromatic carbocycles. The zero-order chi connectivity index (χ0) is 18.9. The Kier molecular flexibility index (Phi) is 4.45. The van der Waals surface area contributed by atoms with Gasteiger partial charge in [0, 0.05) is 6.20 Å². The van der Waals surface area contributed by atoms with Gasteiger partial charge in [0.05, 0.1) is 23.2 Å². The fourth-order valence-corrected chi connectivity index (χ4v) is 2.41. The molecule has 0 aliphatic heterocycles. The summed E-state index contributed by atoms with van der Waals surface area (Å²) in [6, 6.07) is 4.84. The number of hydrogen-bond donors (Lipinski definition) is 1. The maximum absolute atomic E-state index is 12.7. The molecule has 134 valence electrons. The van der Waals surface area contributed by atoms with Crippen LogP contribution >= 0.6 is 0 Å². The summed E-state index contributed by atoms with van der Waals surface area (Å²) < 4.78 is 39.5. The highest BCUT2D eigenvalue weighted by atomic mass is 19.4. The smallest absolute Gasteiger partial charge is 0.291 e. The molecule has 1 amide bonds. The Bertz CT molecular complexity index is 976. The van der Waals surface area contributed by atoms with Crippen LogP contribution in [0.25, 0.3) is 11.0 Å². The molecule has 0 spiro atoms. The van der Waals surface area contributed by atoms with Crippen molar-refractivity contribution in [3.05, 3.63) is 59.9 Å². The second-order valence-electron chi connectivity index (χ2n) is 5.56. The lowest BCUT2D eigenvalue weighted by Crippen LogP contribution is -2.11. The van der Waals surface area contributed by atoms with Gasteiger partial charge in [0.15, 0.2) is 5.65 Å². The topological polar surface area (TPSA) is 72.7 Å². The largest absolute Gasteiger partial charge is 0.416 e.